The summed E-state index contributed by atoms with van der Waals surface area (Å²) in [5, 5.41) is 0.768. The van der Waals surface area contributed by atoms with E-state index in [1.807, 2.05) is 0 Å². The molecule has 0 radical (unpaired) electrons. The number of rotatable bonds is 2. The smallest absolute Gasteiger partial charge is 0.283 e. The van der Waals surface area contributed by atoms with Crippen LogP contribution in [0.4, 0.5) is 4.39 Å². The van der Waals surface area contributed by atoms with Crippen LogP contribution in [0.2, 0.25) is 0 Å². The fourth-order valence-electron chi connectivity index (χ4n) is 1.44. The minimum atomic E-state index is -0.387. The van der Waals surface area contributed by atoms with Gasteiger partial charge in [0.15, 0.2) is 0 Å². The molecule has 1 aromatic carbocycles. The van der Waals surface area contributed by atoms with Gasteiger partial charge < -0.3 is 4.84 Å². The van der Waals surface area contributed by atoms with E-state index in [2.05, 4.69) is 0 Å². The van der Waals surface area contributed by atoms with E-state index in [0.717, 1.165) is 10.1 Å². The Labute approximate surface area is 85.7 Å². The predicted molar refractivity (Wildman–Crippen MR) is 55.3 cm³/mol. The van der Waals surface area contributed by atoms with Crippen molar-refractivity contribution in [2.75, 3.05) is 6.61 Å². The molecule has 1 aromatic heterocycles. The van der Waals surface area contributed by atoms with Crippen LogP contribution < -0.4 is 10.4 Å². The van der Waals surface area contributed by atoms with Crippen molar-refractivity contribution in [2.45, 2.75) is 6.92 Å². The van der Waals surface area contributed by atoms with E-state index in [4.69, 9.17) is 4.84 Å². The van der Waals surface area contributed by atoms with Crippen LogP contribution in [0.3, 0.4) is 0 Å². The minimum absolute atomic E-state index is 0.296. The van der Waals surface area contributed by atoms with Gasteiger partial charge >= 0.3 is 0 Å². The van der Waals surface area contributed by atoms with Crippen molar-refractivity contribution in [3.8, 4) is 0 Å². The van der Waals surface area contributed by atoms with Crippen molar-refractivity contribution >= 4 is 10.9 Å². The maximum Gasteiger partial charge on any atom is 0.283 e. The van der Waals surface area contributed by atoms with Gasteiger partial charge in [-0.25, -0.2) is 4.39 Å². The molecule has 0 amide bonds. The van der Waals surface area contributed by atoms with Gasteiger partial charge in [-0.2, -0.15) is 0 Å². The molecular formula is C11H10FNO2. The number of pyridine rings is 1. The van der Waals surface area contributed by atoms with Gasteiger partial charge in [-0.05, 0) is 25.1 Å². The summed E-state index contributed by atoms with van der Waals surface area (Å²) in [5.74, 6) is -0.387. The summed E-state index contributed by atoms with van der Waals surface area (Å²) in [4.78, 5) is 16.6. The number of hydrogen-bond acceptors (Lipinski definition) is 2. The summed E-state index contributed by atoms with van der Waals surface area (Å²) in [6.07, 6.45) is 0. The lowest BCUT2D eigenvalue weighted by atomic mass is 10.2. The highest BCUT2D eigenvalue weighted by Gasteiger charge is 2.04. The molecule has 0 fully saturated rings. The van der Waals surface area contributed by atoms with Crippen molar-refractivity contribution in [1.82, 2.24) is 4.73 Å². The number of fused-ring (bicyclic) bond motifs is 1. The van der Waals surface area contributed by atoms with E-state index in [9.17, 15) is 9.18 Å². The molecule has 3 nitrogen and oxygen atoms in total. The van der Waals surface area contributed by atoms with E-state index < -0.39 is 0 Å². The molecule has 0 bridgehead atoms. The quantitative estimate of drug-likeness (QED) is 0.748. The zero-order chi connectivity index (χ0) is 10.8. The second-order valence-corrected chi connectivity index (χ2v) is 3.09. The third-order valence-electron chi connectivity index (χ3n) is 2.08. The third kappa shape index (κ3) is 1.70. The van der Waals surface area contributed by atoms with Crippen LogP contribution in [0.15, 0.2) is 35.1 Å². The molecule has 0 aliphatic rings. The first-order chi connectivity index (χ1) is 7.22. The zero-order valence-corrected chi connectivity index (χ0v) is 8.24. The van der Waals surface area contributed by atoms with Crippen molar-refractivity contribution in [3.63, 3.8) is 0 Å². The molecule has 0 N–H and O–H groups in total. The highest BCUT2D eigenvalue weighted by molar-refractivity contribution is 5.78. The van der Waals surface area contributed by atoms with E-state index >= 15 is 0 Å². The maximum atomic E-state index is 13.0. The minimum Gasteiger partial charge on any atom is -0.411 e. The average Bonchev–Trinajstić information content (AvgIpc) is 2.23. The summed E-state index contributed by atoms with van der Waals surface area (Å²) < 4.78 is 14.1. The van der Waals surface area contributed by atoms with Crippen molar-refractivity contribution in [2.24, 2.45) is 0 Å². The van der Waals surface area contributed by atoms with Crippen molar-refractivity contribution < 1.29 is 9.23 Å². The average molecular weight is 207 g/mol. The van der Waals surface area contributed by atoms with Gasteiger partial charge in [-0.3, -0.25) is 4.79 Å². The van der Waals surface area contributed by atoms with Crippen molar-refractivity contribution in [1.29, 1.82) is 0 Å². The Morgan fingerprint density at radius 2 is 2.07 bits per heavy atom. The van der Waals surface area contributed by atoms with E-state index in [1.54, 1.807) is 19.1 Å². The molecule has 1 heterocycles. The van der Waals surface area contributed by atoms with Crippen LogP contribution in [-0.2, 0) is 0 Å². The molecule has 15 heavy (non-hydrogen) atoms. The van der Waals surface area contributed by atoms with Gasteiger partial charge in [0.1, 0.15) is 12.4 Å². The van der Waals surface area contributed by atoms with Crippen LogP contribution in [0.1, 0.15) is 6.92 Å². The first kappa shape index (κ1) is 9.71. The lowest BCUT2D eigenvalue weighted by molar-refractivity contribution is 0.124. The second kappa shape index (κ2) is 3.73. The number of nitrogens with zero attached hydrogens (tertiary/aromatic N) is 1. The van der Waals surface area contributed by atoms with Gasteiger partial charge in [0.25, 0.3) is 5.56 Å². The van der Waals surface area contributed by atoms with Crippen LogP contribution >= 0.6 is 0 Å². The van der Waals surface area contributed by atoms with Gasteiger partial charge in [-0.15, -0.1) is 4.73 Å². The number of benzene rings is 1. The van der Waals surface area contributed by atoms with Gasteiger partial charge in [0.05, 0.1) is 5.52 Å². The molecular weight excluding hydrogens is 197 g/mol. The lowest BCUT2D eigenvalue weighted by Gasteiger charge is -2.09. The SMILES string of the molecule is CCOn1c(=O)ccc2ccc(F)cc21. The normalized spacial score (nSPS) is 10.5. The summed E-state index contributed by atoms with van der Waals surface area (Å²) in [5.41, 5.74) is 0.152. The summed E-state index contributed by atoms with van der Waals surface area (Å²) in [6.45, 7) is 2.13. The maximum absolute atomic E-state index is 13.0. The summed E-state index contributed by atoms with van der Waals surface area (Å²) in [6, 6.07) is 7.29. The zero-order valence-electron chi connectivity index (χ0n) is 8.24. The second-order valence-electron chi connectivity index (χ2n) is 3.09. The molecule has 0 aliphatic carbocycles. The molecule has 0 aliphatic heterocycles. The third-order valence-corrected chi connectivity index (χ3v) is 2.08. The summed E-state index contributed by atoms with van der Waals surface area (Å²) in [7, 11) is 0. The number of halogens is 1. The highest BCUT2D eigenvalue weighted by Crippen LogP contribution is 2.12. The molecule has 0 spiro atoms. The molecule has 0 unspecified atom stereocenters. The molecule has 0 saturated heterocycles. The molecule has 78 valence electrons. The Balaban J connectivity index is 2.78. The van der Waals surface area contributed by atoms with Crippen LogP contribution in [0.5, 0.6) is 0 Å². The van der Waals surface area contributed by atoms with Crippen molar-refractivity contribution in [3.05, 3.63) is 46.5 Å². The summed E-state index contributed by atoms with van der Waals surface area (Å²) >= 11 is 0. The molecule has 0 saturated carbocycles. The van der Waals surface area contributed by atoms with Crippen LogP contribution in [0.25, 0.3) is 10.9 Å². The molecule has 2 aromatic rings. The van der Waals surface area contributed by atoms with Crippen LogP contribution in [-0.4, -0.2) is 11.3 Å². The lowest BCUT2D eigenvalue weighted by Crippen LogP contribution is -2.26. The Morgan fingerprint density at radius 1 is 1.33 bits per heavy atom. The Kier molecular flexibility index (Phi) is 2.41. The van der Waals surface area contributed by atoms with E-state index in [1.165, 1.54) is 18.2 Å². The number of aromatic nitrogens is 1. The standard InChI is InChI=1S/C11H10FNO2/c1-2-15-13-10-7-9(12)5-3-8(10)4-6-11(13)14/h3-7H,2H2,1H3. The fraction of sp³-hybridized carbons (Fsp3) is 0.182. The Hall–Kier alpha value is -1.84. The van der Waals surface area contributed by atoms with Gasteiger partial charge in [-0.1, -0.05) is 0 Å². The Bertz CT molecular complexity index is 548. The van der Waals surface area contributed by atoms with Gasteiger partial charge in [0, 0.05) is 17.5 Å². The first-order valence-electron chi connectivity index (χ1n) is 4.67. The van der Waals surface area contributed by atoms with E-state index in [-0.39, 0.29) is 11.4 Å². The fourth-order valence-corrected chi connectivity index (χ4v) is 1.44. The predicted octanol–water partition coefficient (Wildman–Crippen LogP) is 1.59. The van der Waals surface area contributed by atoms with Crippen LogP contribution in [0, 0.1) is 5.82 Å². The molecule has 0 atom stereocenters. The monoisotopic (exact) mass is 207 g/mol. The topological polar surface area (TPSA) is 31.2 Å². The molecule has 2 rings (SSSR count). The van der Waals surface area contributed by atoms with E-state index in [0.29, 0.717) is 12.1 Å². The Morgan fingerprint density at radius 3 is 2.80 bits per heavy atom. The largest absolute Gasteiger partial charge is 0.411 e. The molecule has 4 heteroatoms. The first-order valence-corrected chi connectivity index (χ1v) is 4.67. The van der Waals surface area contributed by atoms with Gasteiger partial charge in [0.2, 0.25) is 0 Å². The highest BCUT2D eigenvalue weighted by atomic mass is 19.1. The number of hydrogen-bond donors (Lipinski definition) is 0.